The van der Waals surface area contributed by atoms with Gasteiger partial charge in [-0.2, -0.15) is 0 Å². The summed E-state index contributed by atoms with van der Waals surface area (Å²) in [6, 6.07) is 10.1. The predicted octanol–water partition coefficient (Wildman–Crippen LogP) is 4.99. The molecule has 0 saturated carbocycles. The molecule has 0 unspecified atom stereocenters. The van der Waals surface area contributed by atoms with Crippen LogP contribution in [0.25, 0.3) is 0 Å². The van der Waals surface area contributed by atoms with E-state index in [9.17, 15) is 4.79 Å². The second-order valence-corrected chi connectivity index (χ2v) is 7.32. The average Bonchev–Trinajstić information content (AvgIpc) is 2.79. The van der Waals surface area contributed by atoms with Crippen molar-refractivity contribution < 1.29 is 4.79 Å². The molecule has 1 heterocycles. The van der Waals surface area contributed by atoms with Gasteiger partial charge in [0.1, 0.15) is 0 Å². The maximum atomic E-state index is 12.4. The number of rotatable bonds is 3. The lowest BCUT2D eigenvalue weighted by Crippen LogP contribution is -2.10. The molecule has 0 aliphatic heterocycles. The highest BCUT2D eigenvalue weighted by Gasteiger charge is 2.16. The molecule has 0 spiro atoms. The van der Waals surface area contributed by atoms with Crippen molar-refractivity contribution in [3.05, 3.63) is 45.6 Å². The van der Waals surface area contributed by atoms with E-state index < -0.39 is 0 Å². The third-order valence-electron chi connectivity index (χ3n) is 3.80. The Bertz CT molecular complexity index is 624. The van der Waals surface area contributed by atoms with Crippen molar-refractivity contribution in [2.45, 2.75) is 37.0 Å². The van der Waals surface area contributed by atoms with Crippen molar-refractivity contribution in [2.75, 3.05) is 11.6 Å². The van der Waals surface area contributed by atoms with E-state index in [2.05, 4.69) is 11.4 Å². The second-order valence-electron chi connectivity index (χ2n) is 5.31. The molecule has 3 rings (SSSR count). The van der Waals surface area contributed by atoms with Crippen LogP contribution in [0.2, 0.25) is 0 Å². The molecule has 1 aromatic heterocycles. The Kier molecular flexibility index (Phi) is 4.66. The highest BCUT2D eigenvalue weighted by Crippen LogP contribution is 2.29. The molecule has 1 aliphatic carbocycles. The van der Waals surface area contributed by atoms with E-state index in [4.69, 9.17) is 0 Å². The van der Waals surface area contributed by atoms with Gasteiger partial charge in [0, 0.05) is 15.5 Å². The van der Waals surface area contributed by atoms with Crippen LogP contribution in [-0.4, -0.2) is 12.2 Å². The normalized spacial score (nSPS) is 14.3. The second kappa shape index (κ2) is 6.67. The monoisotopic (exact) mass is 317 g/mol. The number of thioether (sulfide) groups is 1. The van der Waals surface area contributed by atoms with Gasteiger partial charge in [-0.3, -0.25) is 4.79 Å². The van der Waals surface area contributed by atoms with Gasteiger partial charge in [0.15, 0.2) is 0 Å². The van der Waals surface area contributed by atoms with Gasteiger partial charge in [0.05, 0.1) is 4.88 Å². The minimum atomic E-state index is 0.0197. The Morgan fingerprint density at radius 1 is 1.19 bits per heavy atom. The molecular formula is C17H19NOS2. The van der Waals surface area contributed by atoms with Crippen LogP contribution in [0.15, 0.2) is 35.2 Å². The zero-order valence-electron chi connectivity index (χ0n) is 12.1. The lowest BCUT2D eigenvalue weighted by molar-refractivity contribution is 0.103. The molecule has 110 valence electrons. The highest BCUT2D eigenvalue weighted by molar-refractivity contribution is 7.98. The van der Waals surface area contributed by atoms with E-state index in [0.717, 1.165) is 28.3 Å². The first-order valence-corrected chi connectivity index (χ1v) is 9.37. The third kappa shape index (κ3) is 3.50. The van der Waals surface area contributed by atoms with Gasteiger partial charge >= 0.3 is 0 Å². The van der Waals surface area contributed by atoms with E-state index in [0.29, 0.717) is 0 Å². The van der Waals surface area contributed by atoms with Crippen LogP contribution < -0.4 is 5.32 Å². The van der Waals surface area contributed by atoms with Gasteiger partial charge < -0.3 is 5.32 Å². The number of carbonyl (C=O) groups excluding carboxylic acids is 1. The Morgan fingerprint density at radius 2 is 2.05 bits per heavy atom. The van der Waals surface area contributed by atoms with Crippen molar-refractivity contribution in [1.29, 1.82) is 0 Å². The number of hydrogen-bond acceptors (Lipinski definition) is 3. The largest absolute Gasteiger partial charge is 0.321 e. The first-order valence-electron chi connectivity index (χ1n) is 7.33. The summed E-state index contributed by atoms with van der Waals surface area (Å²) >= 11 is 3.35. The summed E-state index contributed by atoms with van der Waals surface area (Å²) in [7, 11) is 0. The molecule has 0 atom stereocenters. The van der Waals surface area contributed by atoms with Crippen molar-refractivity contribution >= 4 is 34.7 Å². The van der Waals surface area contributed by atoms with Crippen LogP contribution in [0.1, 0.15) is 39.4 Å². The minimum absolute atomic E-state index is 0.0197. The molecule has 0 saturated heterocycles. The van der Waals surface area contributed by atoms with Gasteiger partial charge in [-0.15, -0.1) is 23.1 Å². The van der Waals surface area contributed by atoms with Crippen LogP contribution in [-0.2, 0) is 12.8 Å². The van der Waals surface area contributed by atoms with Crippen molar-refractivity contribution in [3.63, 3.8) is 0 Å². The molecule has 0 fully saturated rings. The number of benzene rings is 1. The number of nitrogens with one attached hydrogen (secondary N) is 1. The summed E-state index contributed by atoms with van der Waals surface area (Å²) in [6.45, 7) is 0. The Morgan fingerprint density at radius 3 is 2.90 bits per heavy atom. The molecular weight excluding hydrogens is 298 g/mol. The van der Waals surface area contributed by atoms with Gasteiger partial charge in [-0.25, -0.2) is 0 Å². The Labute approximate surface area is 134 Å². The van der Waals surface area contributed by atoms with Crippen LogP contribution >= 0.6 is 23.1 Å². The van der Waals surface area contributed by atoms with E-state index in [1.165, 1.54) is 29.7 Å². The van der Waals surface area contributed by atoms with Crippen molar-refractivity contribution in [3.8, 4) is 0 Å². The fraction of sp³-hybridized carbons (Fsp3) is 0.353. The quantitative estimate of drug-likeness (QED) is 0.638. The van der Waals surface area contributed by atoms with E-state index >= 15 is 0 Å². The molecule has 2 nitrogen and oxygen atoms in total. The molecule has 1 aliphatic rings. The SMILES string of the molecule is CSc1cccc(NC(=O)c2cc3c(s2)CCCCC3)c1. The van der Waals surface area contributed by atoms with Gasteiger partial charge in [0.2, 0.25) is 0 Å². The molecule has 0 bridgehead atoms. The lowest BCUT2D eigenvalue weighted by Gasteiger charge is -2.05. The van der Waals surface area contributed by atoms with Crippen molar-refractivity contribution in [1.82, 2.24) is 0 Å². The zero-order valence-corrected chi connectivity index (χ0v) is 13.8. The summed E-state index contributed by atoms with van der Waals surface area (Å²) in [6.07, 6.45) is 8.11. The van der Waals surface area contributed by atoms with Crippen LogP contribution in [0, 0.1) is 0 Å². The number of carbonyl (C=O) groups is 1. The van der Waals surface area contributed by atoms with E-state index in [1.807, 2.05) is 30.5 Å². The maximum absolute atomic E-state index is 12.4. The number of thiophene rings is 1. The first-order chi connectivity index (χ1) is 10.3. The third-order valence-corrected chi connectivity index (χ3v) is 5.76. The Balaban J connectivity index is 1.76. The number of aryl methyl sites for hydroxylation is 2. The molecule has 1 N–H and O–H groups in total. The fourth-order valence-electron chi connectivity index (χ4n) is 2.67. The summed E-state index contributed by atoms with van der Waals surface area (Å²) in [5, 5.41) is 3.02. The fourth-order valence-corrected chi connectivity index (χ4v) is 4.28. The first kappa shape index (κ1) is 14.7. The van der Waals surface area contributed by atoms with Gasteiger partial charge in [0.25, 0.3) is 5.91 Å². The minimum Gasteiger partial charge on any atom is -0.321 e. The number of anilines is 1. The summed E-state index contributed by atoms with van der Waals surface area (Å²) in [5.74, 6) is 0.0197. The summed E-state index contributed by atoms with van der Waals surface area (Å²) < 4.78 is 0. The number of hydrogen-bond donors (Lipinski definition) is 1. The Hall–Kier alpha value is -1.26. The standard InChI is InChI=1S/C17H19NOS2/c1-20-14-8-5-7-13(11-14)18-17(19)16-10-12-6-3-2-4-9-15(12)21-16/h5,7-8,10-11H,2-4,6,9H2,1H3,(H,18,19). The van der Waals surface area contributed by atoms with Gasteiger partial charge in [-0.1, -0.05) is 12.5 Å². The van der Waals surface area contributed by atoms with Gasteiger partial charge in [-0.05, 0) is 61.8 Å². The number of fused-ring (bicyclic) bond motifs is 1. The molecule has 21 heavy (non-hydrogen) atoms. The smallest absolute Gasteiger partial charge is 0.265 e. The zero-order chi connectivity index (χ0) is 14.7. The number of amides is 1. The van der Waals surface area contributed by atoms with Crippen LogP contribution in [0.3, 0.4) is 0 Å². The lowest BCUT2D eigenvalue weighted by atomic mass is 10.1. The van der Waals surface area contributed by atoms with E-state index in [-0.39, 0.29) is 5.91 Å². The molecule has 1 amide bonds. The maximum Gasteiger partial charge on any atom is 0.265 e. The topological polar surface area (TPSA) is 29.1 Å². The average molecular weight is 317 g/mol. The summed E-state index contributed by atoms with van der Waals surface area (Å²) in [4.78, 5) is 15.8. The molecule has 0 radical (unpaired) electrons. The summed E-state index contributed by atoms with van der Waals surface area (Å²) in [5.41, 5.74) is 2.26. The molecule has 1 aromatic carbocycles. The predicted molar refractivity (Wildman–Crippen MR) is 91.8 cm³/mol. The van der Waals surface area contributed by atoms with E-state index in [1.54, 1.807) is 23.1 Å². The highest BCUT2D eigenvalue weighted by atomic mass is 32.2. The van der Waals surface area contributed by atoms with Crippen LogP contribution in [0.4, 0.5) is 5.69 Å². The molecule has 4 heteroatoms. The molecule has 2 aromatic rings. The van der Waals surface area contributed by atoms with Crippen LogP contribution in [0.5, 0.6) is 0 Å². The van der Waals surface area contributed by atoms with Crippen molar-refractivity contribution in [2.24, 2.45) is 0 Å².